The summed E-state index contributed by atoms with van der Waals surface area (Å²) in [7, 11) is 0. The van der Waals surface area contributed by atoms with E-state index in [0.29, 0.717) is 25.7 Å². The SMILES string of the molecule is CC(C)(C)OC(=O)NC1(COC(=O)NC2(c3ccc(F)c(C(F)(F)F)c3)CC2)CC1. The highest BCUT2D eigenvalue weighted by molar-refractivity contribution is 5.71. The van der Waals surface area contributed by atoms with Gasteiger partial charge in [0.05, 0.1) is 16.6 Å². The molecular formula is C20H24F4N2O4. The summed E-state index contributed by atoms with van der Waals surface area (Å²) in [5.74, 6) is -1.37. The van der Waals surface area contributed by atoms with Gasteiger partial charge in [0.25, 0.3) is 0 Å². The van der Waals surface area contributed by atoms with E-state index in [1.807, 2.05) is 0 Å². The van der Waals surface area contributed by atoms with Gasteiger partial charge in [-0.1, -0.05) is 6.07 Å². The van der Waals surface area contributed by atoms with Crippen molar-refractivity contribution in [1.82, 2.24) is 10.6 Å². The van der Waals surface area contributed by atoms with E-state index in [9.17, 15) is 27.2 Å². The number of halogens is 4. The third-order valence-corrected chi connectivity index (χ3v) is 5.01. The molecule has 0 aromatic heterocycles. The molecule has 3 rings (SSSR count). The Hall–Kier alpha value is -2.52. The molecule has 30 heavy (non-hydrogen) atoms. The number of alkyl carbamates (subject to hydrolysis) is 2. The zero-order chi connectivity index (χ0) is 22.4. The van der Waals surface area contributed by atoms with Gasteiger partial charge >= 0.3 is 18.4 Å². The molecule has 2 aliphatic carbocycles. The number of carbonyl (C=O) groups excluding carboxylic acids is 2. The minimum Gasteiger partial charge on any atom is -0.447 e. The molecule has 0 unspecified atom stereocenters. The lowest BCUT2D eigenvalue weighted by Gasteiger charge is -2.24. The Kier molecular flexibility index (Phi) is 5.41. The van der Waals surface area contributed by atoms with Crippen LogP contribution in [0.3, 0.4) is 0 Å². The van der Waals surface area contributed by atoms with Crippen LogP contribution in [0.15, 0.2) is 18.2 Å². The second-order valence-electron chi connectivity index (χ2n) is 8.88. The maximum atomic E-state index is 13.5. The first-order valence-electron chi connectivity index (χ1n) is 9.57. The van der Waals surface area contributed by atoms with Crippen LogP contribution in [0.25, 0.3) is 0 Å². The molecule has 2 N–H and O–H groups in total. The number of carbonyl (C=O) groups is 2. The minimum atomic E-state index is -4.83. The van der Waals surface area contributed by atoms with Crippen molar-refractivity contribution >= 4 is 12.2 Å². The number of rotatable bonds is 5. The molecule has 166 valence electrons. The first-order valence-corrected chi connectivity index (χ1v) is 9.57. The highest BCUT2D eigenvalue weighted by atomic mass is 19.4. The van der Waals surface area contributed by atoms with Crippen molar-refractivity contribution < 1.29 is 36.6 Å². The average molecular weight is 432 g/mol. The summed E-state index contributed by atoms with van der Waals surface area (Å²) in [6.07, 6.45) is -4.23. The molecule has 1 aromatic carbocycles. The number of alkyl halides is 3. The highest BCUT2D eigenvalue weighted by Gasteiger charge is 2.49. The van der Waals surface area contributed by atoms with Gasteiger partial charge in [0.15, 0.2) is 0 Å². The number of ether oxygens (including phenoxy) is 2. The Morgan fingerprint density at radius 1 is 1.03 bits per heavy atom. The molecule has 0 saturated heterocycles. The predicted molar refractivity (Wildman–Crippen MR) is 98.1 cm³/mol. The fourth-order valence-electron chi connectivity index (χ4n) is 3.06. The van der Waals surface area contributed by atoms with E-state index in [-0.39, 0.29) is 12.2 Å². The number of amides is 2. The number of nitrogens with one attached hydrogen (secondary N) is 2. The normalized spacial score (nSPS) is 18.9. The molecule has 0 radical (unpaired) electrons. The van der Waals surface area contributed by atoms with Crippen LogP contribution in [0.1, 0.15) is 57.6 Å². The zero-order valence-electron chi connectivity index (χ0n) is 16.9. The predicted octanol–water partition coefficient (Wildman–Crippen LogP) is 4.62. The Labute approximate surface area is 171 Å². The fraction of sp³-hybridized carbons (Fsp3) is 0.600. The Balaban J connectivity index is 1.57. The van der Waals surface area contributed by atoms with Gasteiger partial charge in [0.1, 0.15) is 18.0 Å². The molecule has 0 atom stereocenters. The fourth-order valence-corrected chi connectivity index (χ4v) is 3.06. The topological polar surface area (TPSA) is 76.7 Å². The van der Waals surface area contributed by atoms with Crippen LogP contribution in [0.5, 0.6) is 0 Å². The number of hydrogen-bond donors (Lipinski definition) is 2. The van der Waals surface area contributed by atoms with Gasteiger partial charge in [-0.05, 0) is 64.2 Å². The van der Waals surface area contributed by atoms with Crippen LogP contribution in [0, 0.1) is 5.82 Å². The third kappa shape index (κ3) is 5.34. The molecule has 2 fully saturated rings. The molecule has 0 bridgehead atoms. The molecule has 2 aliphatic rings. The summed E-state index contributed by atoms with van der Waals surface area (Å²) < 4.78 is 62.8. The van der Waals surface area contributed by atoms with Crippen molar-refractivity contribution in [3.05, 3.63) is 35.1 Å². The van der Waals surface area contributed by atoms with E-state index >= 15 is 0 Å². The lowest BCUT2D eigenvalue weighted by molar-refractivity contribution is -0.140. The Bertz CT molecular complexity index is 840. The van der Waals surface area contributed by atoms with Crippen LogP contribution in [-0.2, 0) is 21.2 Å². The van der Waals surface area contributed by atoms with E-state index < -0.39 is 46.4 Å². The lowest BCUT2D eigenvalue weighted by atomic mass is 10.0. The molecule has 0 heterocycles. The number of benzene rings is 1. The van der Waals surface area contributed by atoms with Crippen molar-refractivity contribution in [1.29, 1.82) is 0 Å². The first-order chi connectivity index (χ1) is 13.7. The van der Waals surface area contributed by atoms with Gasteiger partial charge in [0, 0.05) is 0 Å². The quantitative estimate of drug-likeness (QED) is 0.666. The molecule has 10 heteroatoms. The molecule has 0 spiro atoms. The van der Waals surface area contributed by atoms with E-state index in [0.717, 1.165) is 12.1 Å². The van der Waals surface area contributed by atoms with Crippen LogP contribution in [0.4, 0.5) is 27.2 Å². The average Bonchev–Trinajstić information content (AvgIpc) is 3.49. The molecule has 1 aromatic rings. The summed E-state index contributed by atoms with van der Waals surface area (Å²) in [6, 6.07) is 2.69. The van der Waals surface area contributed by atoms with Gasteiger partial charge in [0.2, 0.25) is 0 Å². The monoisotopic (exact) mass is 432 g/mol. The molecule has 2 amide bonds. The van der Waals surface area contributed by atoms with Crippen molar-refractivity contribution in [2.75, 3.05) is 6.61 Å². The van der Waals surface area contributed by atoms with Crippen molar-refractivity contribution in [2.45, 2.75) is 69.3 Å². The Morgan fingerprint density at radius 2 is 1.67 bits per heavy atom. The zero-order valence-corrected chi connectivity index (χ0v) is 16.9. The summed E-state index contributed by atoms with van der Waals surface area (Å²) >= 11 is 0. The largest absolute Gasteiger partial charge is 0.447 e. The standard InChI is InChI=1S/C20H24F4N2O4/c1-17(2,3)30-16(28)25-18(6-7-18)11-29-15(27)26-19(8-9-19)12-4-5-14(21)13(10-12)20(22,23)24/h4-5,10H,6-9,11H2,1-3H3,(H,25,28)(H,26,27). The van der Waals surface area contributed by atoms with Crippen molar-refractivity contribution in [2.24, 2.45) is 0 Å². The van der Waals surface area contributed by atoms with Gasteiger partial charge in [-0.25, -0.2) is 14.0 Å². The summed E-state index contributed by atoms with van der Waals surface area (Å²) in [5, 5.41) is 5.27. The van der Waals surface area contributed by atoms with E-state index in [4.69, 9.17) is 9.47 Å². The van der Waals surface area contributed by atoms with E-state index in [1.165, 1.54) is 6.07 Å². The van der Waals surface area contributed by atoms with Crippen LogP contribution >= 0.6 is 0 Å². The summed E-state index contributed by atoms with van der Waals surface area (Å²) in [4.78, 5) is 24.1. The maximum absolute atomic E-state index is 13.5. The second-order valence-corrected chi connectivity index (χ2v) is 8.88. The highest BCUT2D eigenvalue weighted by Crippen LogP contribution is 2.47. The van der Waals surface area contributed by atoms with Crippen LogP contribution < -0.4 is 10.6 Å². The van der Waals surface area contributed by atoms with E-state index in [2.05, 4.69) is 10.6 Å². The van der Waals surface area contributed by atoms with Crippen LogP contribution in [-0.4, -0.2) is 29.9 Å². The minimum absolute atomic E-state index is 0.0919. The smallest absolute Gasteiger partial charge is 0.419 e. The van der Waals surface area contributed by atoms with Gasteiger partial charge in [-0.3, -0.25) is 0 Å². The lowest BCUT2D eigenvalue weighted by Crippen LogP contribution is -2.45. The van der Waals surface area contributed by atoms with Crippen molar-refractivity contribution in [3.63, 3.8) is 0 Å². The maximum Gasteiger partial charge on any atom is 0.419 e. The van der Waals surface area contributed by atoms with Gasteiger partial charge in [-0.2, -0.15) is 13.2 Å². The third-order valence-electron chi connectivity index (χ3n) is 5.01. The molecule has 2 saturated carbocycles. The summed E-state index contributed by atoms with van der Waals surface area (Å²) in [5.41, 5.74) is -3.59. The van der Waals surface area contributed by atoms with Crippen LogP contribution in [0.2, 0.25) is 0 Å². The molecule has 6 nitrogen and oxygen atoms in total. The van der Waals surface area contributed by atoms with Gasteiger partial charge in [-0.15, -0.1) is 0 Å². The second kappa shape index (κ2) is 7.31. The summed E-state index contributed by atoms with van der Waals surface area (Å²) in [6.45, 7) is 5.09. The first kappa shape index (κ1) is 22.2. The number of hydrogen-bond acceptors (Lipinski definition) is 4. The van der Waals surface area contributed by atoms with Crippen molar-refractivity contribution in [3.8, 4) is 0 Å². The Morgan fingerprint density at radius 3 is 2.17 bits per heavy atom. The molecule has 0 aliphatic heterocycles. The van der Waals surface area contributed by atoms with Gasteiger partial charge < -0.3 is 20.1 Å². The molecular weight excluding hydrogens is 408 g/mol. The van der Waals surface area contributed by atoms with E-state index in [1.54, 1.807) is 20.8 Å².